The van der Waals surface area contributed by atoms with Crippen LogP contribution in [0.5, 0.6) is 0 Å². The van der Waals surface area contributed by atoms with Crippen LogP contribution < -0.4 is 0 Å². The van der Waals surface area contributed by atoms with Crippen LogP contribution in [-0.2, 0) is 16.3 Å². The molecule has 0 aromatic heterocycles. The lowest BCUT2D eigenvalue weighted by Gasteiger charge is -2.20. The van der Waals surface area contributed by atoms with Crippen molar-refractivity contribution in [2.75, 3.05) is 16.8 Å². The zero-order chi connectivity index (χ0) is 14.0. The molecule has 0 aliphatic carbocycles. The quantitative estimate of drug-likeness (QED) is 0.780. The molecule has 2 unspecified atom stereocenters. The van der Waals surface area contributed by atoms with E-state index in [0.29, 0.717) is 23.7 Å². The molecule has 2 rings (SSSR count). The third-order valence-electron chi connectivity index (χ3n) is 3.65. The molecule has 2 atom stereocenters. The molecule has 0 amide bonds. The minimum Gasteiger partial charge on any atom is -0.229 e. The van der Waals surface area contributed by atoms with E-state index in [1.54, 1.807) is 6.07 Å². The van der Waals surface area contributed by atoms with Gasteiger partial charge in [-0.25, -0.2) is 17.2 Å². The Bertz CT molecular complexity index is 560. The number of hydrogen-bond donors (Lipinski definition) is 0. The second-order valence-corrected chi connectivity index (χ2v) is 7.87. The highest BCUT2D eigenvalue weighted by Crippen LogP contribution is 2.30. The summed E-state index contributed by atoms with van der Waals surface area (Å²) >= 11 is 3.35. The summed E-state index contributed by atoms with van der Waals surface area (Å²) in [4.78, 5) is 0. The molecule has 2 nitrogen and oxygen atoms in total. The van der Waals surface area contributed by atoms with Gasteiger partial charge in [-0.3, -0.25) is 0 Å². The Balaban J connectivity index is 2.14. The monoisotopic (exact) mass is 352 g/mol. The van der Waals surface area contributed by atoms with Crippen molar-refractivity contribution in [3.8, 4) is 0 Å². The van der Waals surface area contributed by atoms with Crippen LogP contribution in [0.2, 0.25) is 0 Å². The molecule has 1 aromatic rings. The van der Waals surface area contributed by atoms with Crippen molar-refractivity contribution in [3.05, 3.63) is 35.4 Å². The summed E-state index contributed by atoms with van der Waals surface area (Å²) in [6.07, 6.45) is 0.963. The third-order valence-corrected chi connectivity index (χ3v) is 6.27. The third kappa shape index (κ3) is 3.54. The summed E-state index contributed by atoms with van der Waals surface area (Å²) in [5.41, 5.74) is 0.314. The van der Waals surface area contributed by atoms with Gasteiger partial charge in [0, 0.05) is 5.33 Å². The number of hydrogen-bond acceptors (Lipinski definition) is 2. The van der Waals surface area contributed by atoms with E-state index in [1.165, 1.54) is 6.07 Å². The first-order chi connectivity index (χ1) is 8.93. The molecular formula is C13H15BrF2O2S. The van der Waals surface area contributed by atoms with Crippen molar-refractivity contribution < 1.29 is 17.2 Å². The van der Waals surface area contributed by atoms with E-state index in [9.17, 15) is 17.2 Å². The number of alkyl halides is 1. The van der Waals surface area contributed by atoms with Gasteiger partial charge in [-0.1, -0.05) is 28.1 Å². The summed E-state index contributed by atoms with van der Waals surface area (Å²) < 4.78 is 49.8. The fourth-order valence-corrected chi connectivity index (χ4v) is 5.21. The Morgan fingerprint density at radius 3 is 2.68 bits per heavy atom. The van der Waals surface area contributed by atoms with Crippen molar-refractivity contribution in [2.45, 2.75) is 12.8 Å². The van der Waals surface area contributed by atoms with Crippen LogP contribution in [0, 0.1) is 23.5 Å². The summed E-state index contributed by atoms with van der Waals surface area (Å²) in [6.45, 7) is 0. The Hall–Kier alpha value is -0.490. The van der Waals surface area contributed by atoms with Crippen LogP contribution in [0.4, 0.5) is 8.78 Å². The molecule has 0 N–H and O–H groups in total. The van der Waals surface area contributed by atoms with Crippen LogP contribution in [0.15, 0.2) is 18.2 Å². The van der Waals surface area contributed by atoms with E-state index >= 15 is 0 Å². The van der Waals surface area contributed by atoms with Crippen molar-refractivity contribution in [3.63, 3.8) is 0 Å². The van der Waals surface area contributed by atoms with Crippen LogP contribution in [-0.4, -0.2) is 25.3 Å². The zero-order valence-electron chi connectivity index (χ0n) is 10.3. The number of benzene rings is 1. The molecule has 6 heteroatoms. The molecule has 0 bridgehead atoms. The predicted molar refractivity (Wildman–Crippen MR) is 74.1 cm³/mol. The van der Waals surface area contributed by atoms with Crippen molar-refractivity contribution in [2.24, 2.45) is 11.8 Å². The molecule has 1 aliphatic rings. The maximum atomic E-state index is 13.6. The van der Waals surface area contributed by atoms with Crippen LogP contribution in [0.3, 0.4) is 0 Å². The molecule has 1 saturated heterocycles. The lowest BCUT2D eigenvalue weighted by atomic mass is 9.88. The highest BCUT2D eigenvalue weighted by molar-refractivity contribution is 9.09. The fourth-order valence-electron chi connectivity index (χ4n) is 2.53. The van der Waals surface area contributed by atoms with Gasteiger partial charge in [0.2, 0.25) is 0 Å². The van der Waals surface area contributed by atoms with Crippen LogP contribution in [0.1, 0.15) is 12.0 Å². The van der Waals surface area contributed by atoms with Crippen LogP contribution >= 0.6 is 15.9 Å². The van der Waals surface area contributed by atoms with E-state index in [0.717, 1.165) is 6.07 Å². The highest BCUT2D eigenvalue weighted by Gasteiger charge is 2.33. The van der Waals surface area contributed by atoms with Gasteiger partial charge in [-0.05, 0) is 36.3 Å². The van der Waals surface area contributed by atoms with Gasteiger partial charge in [-0.15, -0.1) is 0 Å². The minimum absolute atomic E-state index is 0.00794. The maximum Gasteiger partial charge on any atom is 0.162 e. The summed E-state index contributed by atoms with van der Waals surface area (Å²) in [5.74, 6) is -1.30. The van der Waals surface area contributed by atoms with Gasteiger partial charge in [-0.2, -0.15) is 0 Å². The van der Waals surface area contributed by atoms with Crippen LogP contribution in [0.25, 0.3) is 0 Å². The van der Waals surface area contributed by atoms with E-state index < -0.39 is 21.5 Å². The molecule has 1 aromatic carbocycles. The van der Waals surface area contributed by atoms with Crippen molar-refractivity contribution in [1.82, 2.24) is 0 Å². The predicted octanol–water partition coefficient (Wildman–Crippen LogP) is 2.95. The second-order valence-electron chi connectivity index (χ2n) is 4.99. The largest absolute Gasteiger partial charge is 0.229 e. The standard InChI is InChI=1S/C13H15BrF2O2S/c14-7-11(10-4-5-19(17,18)8-10)6-9-2-1-3-12(15)13(9)16/h1-3,10-11H,4-8H2. The molecule has 1 aliphatic heterocycles. The number of halogens is 3. The molecule has 1 heterocycles. The molecule has 19 heavy (non-hydrogen) atoms. The summed E-state index contributed by atoms with van der Waals surface area (Å²) in [6, 6.07) is 4.12. The van der Waals surface area contributed by atoms with Gasteiger partial charge >= 0.3 is 0 Å². The molecule has 106 valence electrons. The zero-order valence-corrected chi connectivity index (χ0v) is 12.7. The highest BCUT2D eigenvalue weighted by atomic mass is 79.9. The van der Waals surface area contributed by atoms with Gasteiger partial charge in [0.1, 0.15) is 0 Å². The van der Waals surface area contributed by atoms with Gasteiger partial charge < -0.3 is 0 Å². The molecule has 0 radical (unpaired) electrons. The van der Waals surface area contributed by atoms with E-state index in [1.807, 2.05) is 0 Å². The number of sulfone groups is 1. The minimum atomic E-state index is -2.95. The maximum absolute atomic E-state index is 13.6. The average molecular weight is 353 g/mol. The van der Waals surface area contributed by atoms with Crippen molar-refractivity contribution in [1.29, 1.82) is 0 Å². The molecule has 0 spiro atoms. The topological polar surface area (TPSA) is 34.1 Å². The first kappa shape index (κ1) is 14.9. The average Bonchev–Trinajstić information content (AvgIpc) is 2.71. The Morgan fingerprint density at radius 1 is 1.37 bits per heavy atom. The smallest absolute Gasteiger partial charge is 0.162 e. The Labute approximate surface area is 120 Å². The Morgan fingerprint density at radius 2 is 2.11 bits per heavy atom. The van der Waals surface area contributed by atoms with E-state index in [-0.39, 0.29) is 23.3 Å². The molecular weight excluding hydrogens is 338 g/mol. The first-order valence-corrected chi connectivity index (χ1v) is 9.06. The summed E-state index contributed by atoms with van der Waals surface area (Å²) in [7, 11) is -2.95. The Kier molecular flexibility index (Phi) is 4.61. The molecule has 0 saturated carbocycles. The lowest BCUT2D eigenvalue weighted by molar-refractivity contribution is 0.392. The first-order valence-electron chi connectivity index (χ1n) is 6.12. The van der Waals surface area contributed by atoms with Gasteiger partial charge in [0.05, 0.1) is 11.5 Å². The summed E-state index contributed by atoms with van der Waals surface area (Å²) in [5, 5.41) is 0.586. The van der Waals surface area contributed by atoms with Gasteiger partial charge in [0.25, 0.3) is 0 Å². The molecule has 1 fully saturated rings. The van der Waals surface area contributed by atoms with Crippen molar-refractivity contribution >= 4 is 25.8 Å². The number of rotatable bonds is 4. The normalized spacial score (nSPS) is 23.4. The lowest BCUT2D eigenvalue weighted by Crippen LogP contribution is -2.20. The van der Waals surface area contributed by atoms with E-state index in [2.05, 4.69) is 15.9 Å². The second kappa shape index (κ2) is 5.87. The van der Waals surface area contributed by atoms with E-state index in [4.69, 9.17) is 0 Å². The fraction of sp³-hybridized carbons (Fsp3) is 0.538. The van der Waals surface area contributed by atoms with Gasteiger partial charge in [0.15, 0.2) is 21.5 Å². The SMILES string of the molecule is O=S1(=O)CCC(C(CBr)Cc2cccc(F)c2F)C1.